The minimum absolute atomic E-state index is 0.0197. The number of hydrogen-bond donors (Lipinski definition) is 2. The lowest BCUT2D eigenvalue weighted by Crippen LogP contribution is -2.46. The Morgan fingerprint density at radius 2 is 2.29 bits per heavy atom. The van der Waals surface area contributed by atoms with Crippen molar-refractivity contribution in [1.29, 1.82) is 0 Å². The zero-order valence-corrected chi connectivity index (χ0v) is 10.5. The molecule has 17 heavy (non-hydrogen) atoms. The summed E-state index contributed by atoms with van der Waals surface area (Å²) >= 11 is 0. The molecule has 2 rings (SSSR count). The SMILES string of the molecule is Cc1cc(CO)cnc1N1CCCC(C)(O)C1. The molecule has 0 bridgehead atoms. The van der Waals surface area contributed by atoms with Gasteiger partial charge in [0.2, 0.25) is 0 Å². The van der Waals surface area contributed by atoms with E-state index < -0.39 is 5.60 Å². The molecule has 0 radical (unpaired) electrons. The first-order valence-corrected chi connectivity index (χ1v) is 6.05. The van der Waals surface area contributed by atoms with Gasteiger partial charge in [-0.3, -0.25) is 0 Å². The Labute approximate surface area is 102 Å². The largest absolute Gasteiger partial charge is 0.392 e. The van der Waals surface area contributed by atoms with Crippen molar-refractivity contribution in [2.24, 2.45) is 0 Å². The monoisotopic (exact) mass is 236 g/mol. The number of aryl methyl sites for hydroxylation is 1. The topological polar surface area (TPSA) is 56.6 Å². The predicted molar refractivity (Wildman–Crippen MR) is 67.0 cm³/mol. The number of hydrogen-bond acceptors (Lipinski definition) is 4. The Hall–Kier alpha value is -1.13. The van der Waals surface area contributed by atoms with Gasteiger partial charge in [0.25, 0.3) is 0 Å². The van der Waals surface area contributed by atoms with Gasteiger partial charge in [-0.1, -0.05) is 0 Å². The van der Waals surface area contributed by atoms with Crippen LogP contribution in [-0.2, 0) is 6.61 Å². The molecule has 1 aromatic rings. The Morgan fingerprint density at radius 3 is 2.88 bits per heavy atom. The number of β-amino-alcohol motifs (C(OH)–C–C–N with tert-alkyl or cyclic N) is 1. The summed E-state index contributed by atoms with van der Waals surface area (Å²) in [4.78, 5) is 6.52. The lowest BCUT2D eigenvalue weighted by molar-refractivity contribution is 0.0447. The fourth-order valence-corrected chi connectivity index (χ4v) is 2.44. The van der Waals surface area contributed by atoms with Crippen LogP contribution in [0.1, 0.15) is 30.9 Å². The molecule has 0 aliphatic carbocycles. The normalized spacial score (nSPS) is 25.1. The molecule has 1 unspecified atom stereocenters. The summed E-state index contributed by atoms with van der Waals surface area (Å²) in [5.74, 6) is 0.919. The average Bonchev–Trinajstić information content (AvgIpc) is 2.27. The zero-order valence-electron chi connectivity index (χ0n) is 10.5. The van der Waals surface area contributed by atoms with Crippen molar-refractivity contribution in [1.82, 2.24) is 4.98 Å². The highest BCUT2D eigenvalue weighted by molar-refractivity contribution is 5.48. The molecule has 1 aliphatic rings. The molecular weight excluding hydrogens is 216 g/mol. The summed E-state index contributed by atoms with van der Waals surface area (Å²) < 4.78 is 0. The van der Waals surface area contributed by atoms with E-state index in [2.05, 4.69) is 9.88 Å². The first-order chi connectivity index (χ1) is 8.02. The zero-order chi connectivity index (χ0) is 12.5. The van der Waals surface area contributed by atoms with Crippen LogP contribution in [0.4, 0.5) is 5.82 Å². The molecule has 1 saturated heterocycles. The van der Waals surface area contributed by atoms with E-state index in [-0.39, 0.29) is 6.61 Å². The predicted octanol–water partition coefficient (Wildman–Crippen LogP) is 1.23. The van der Waals surface area contributed by atoms with Crippen LogP contribution in [0.3, 0.4) is 0 Å². The maximum Gasteiger partial charge on any atom is 0.131 e. The number of piperidine rings is 1. The lowest BCUT2D eigenvalue weighted by Gasteiger charge is -2.38. The van der Waals surface area contributed by atoms with Crippen molar-refractivity contribution in [3.63, 3.8) is 0 Å². The van der Waals surface area contributed by atoms with Crippen LogP contribution in [0.5, 0.6) is 0 Å². The van der Waals surface area contributed by atoms with Gasteiger partial charge < -0.3 is 15.1 Å². The standard InChI is InChI=1S/C13H20N2O2/c1-10-6-11(8-16)7-14-12(10)15-5-3-4-13(2,17)9-15/h6-7,16-17H,3-5,8-9H2,1-2H3. The van der Waals surface area contributed by atoms with Gasteiger partial charge in [-0.15, -0.1) is 0 Å². The molecule has 2 heterocycles. The number of nitrogens with zero attached hydrogens (tertiary/aromatic N) is 2. The molecule has 94 valence electrons. The second-order valence-corrected chi connectivity index (χ2v) is 5.16. The number of anilines is 1. The summed E-state index contributed by atoms with van der Waals surface area (Å²) in [5, 5.41) is 19.1. The molecule has 0 spiro atoms. The van der Waals surface area contributed by atoms with Crippen molar-refractivity contribution in [2.75, 3.05) is 18.0 Å². The van der Waals surface area contributed by atoms with Gasteiger partial charge in [0, 0.05) is 19.3 Å². The van der Waals surface area contributed by atoms with Gasteiger partial charge in [-0.05, 0) is 43.9 Å². The molecule has 4 heteroatoms. The van der Waals surface area contributed by atoms with Crippen LogP contribution in [-0.4, -0.2) is 33.9 Å². The number of rotatable bonds is 2. The third-order valence-electron chi connectivity index (χ3n) is 3.26. The fourth-order valence-electron chi connectivity index (χ4n) is 2.44. The van der Waals surface area contributed by atoms with Crippen LogP contribution < -0.4 is 4.90 Å². The highest BCUT2D eigenvalue weighted by Crippen LogP contribution is 2.26. The number of aliphatic hydroxyl groups excluding tert-OH is 1. The molecule has 1 aromatic heterocycles. The molecule has 1 aliphatic heterocycles. The molecule has 0 aromatic carbocycles. The van der Waals surface area contributed by atoms with E-state index in [9.17, 15) is 5.11 Å². The third-order valence-corrected chi connectivity index (χ3v) is 3.26. The maximum atomic E-state index is 10.1. The number of aromatic nitrogens is 1. The smallest absolute Gasteiger partial charge is 0.131 e. The van der Waals surface area contributed by atoms with Crippen molar-refractivity contribution in [2.45, 2.75) is 38.9 Å². The summed E-state index contributed by atoms with van der Waals surface area (Å²) in [6.45, 7) is 5.44. The Bertz CT molecular complexity index is 404. The number of aliphatic hydroxyl groups is 2. The molecule has 4 nitrogen and oxygen atoms in total. The first-order valence-electron chi connectivity index (χ1n) is 6.05. The van der Waals surface area contributed by atoms with E-state index in [1.807, 2.05) is 19.9 Å². The van der Waals surface area contributed by atoms with Crippen LogP contribution in [0.2, 0.25) is 0 Å². The van der Waals surface area contributed by atoms with E-state index in [4.69, 9.17) is 5.11 Å². The lowest BCUT2D eigenvalue weighted by atomic mass is 9.95. The molecule has 2 N–H and O–H groups in total. The van der Waals surface area contributed by atoms with Crippen molar-refractivity contribution in [3.8, 4) is 0 Å². The molecule has 0 saturated carbocycles. The van der Waals surface area contributed by atoms with Crippen LogP contribution >= 0.6 is 0 Å². The summed E-state index contributed by atoms with van der Waals surface area (Å²) in [7, 11) is 0. The average molecular weight is 236 g/mol. The van der Waals surface area contributed by atoms with Gasteiger partial charge in [0.05, 0.1) is 12.2 Å². The van der Waals surface area contributed by atoms with Crippen molar-refractivity contribution >= 4 is 5.82 Å². The third kappa shape index (κ3) is 2.76. The highest BCUT2D eigenvalue weighted by atomic mass is 16.3. The van der Waals surface area contributed by atoms with Gasteiger partial charge in [0.1, 0.15) is 5.82 Å². The molecular formula is C13H20N2O2. The number of pyridine rings is 1. The van der Waals surface area contributed by atoms with Crippen LogP contribution in [0.15, 0.2) is 12.3 Å². The second kappa shape index (κ2) is 4.63. The van der Waals surface area contributed by atoms with E-state index >= 15 is 0 Å². The van der Waals surface area contributed by atoms with Gasteiger partial charge in [0.15, 0.2) is 0 Å². The minimum atomic E-state index is -0.623. The van der Waals surface area contributed by atoms with E-state index in [0.717, 1.165) is 36.3 Å². The highest BCUT2D eigenvalue weighted by Gasteiger charge is 2.29. The van der Waals surface area contributed by atoms with E-state index in [0.29, 0.717) is 6.54 Å². The van der Waals surface area contributed by atoms with E-state index in [1.165, 1.54) is 0 Å². The van der Waals surface area contributed by atoms with Crippen LogP contribution in [0, 0.1) is 6.92 Å². The summed E-state index contributed by atoms with van der Waals surface area (Å²) in [6, 6.07) is 1.95. The van der Waals surface area contributed by atoms with Gasteiger partial charge >= 0.3 is 0 Å². The summed E-state index contributed by atoms with van der Waals surface area (Å²) in [5.41, 5.74) is 1.26. The quantitative estimate of drug-likeness (QED) is 0.811. The first kappa shape index (κ1) is 12.3. The Balaban J connectivity index is 2.22. The second-order valence-electron chi connectivity index (χ2n) is 5.16. The minimum Gasteiger partial charge on any atom is -0.392 e. The molecule has 1 atom stereocenters. The maximum absolute atomic E-state index is 10.1. The Kier molecular flexibility index (Phi) is 3.35. The molecule has 1 fully saturated rings. The van der Waals surface area contributed by atoms with Crippen molar-refractivity contribution in [3.05, 3.63) is 23.4 Å². The van der Waals surface area contributed by atoms with Gasteiger partial charge in [-0.2, -0.15) is 0 Å². The Morgan fingerprint density at radius 1 is 1.53 bits per heavy atom. The van der Waals surface area contributed by atoms with Crippen molar-refractivity contribution < 1.29 is 10.2 Å². The fraction of sp³-hybridized carbons (Fsp3) is 0.615. The van der Waals surface area contributed by atoms with Crippen LogP contribution in [0.25, 0.3) is 0 Å². The summed E-state index contributed by atoms with van der Waals surface area (Å²) in [6.07, 6.45) is 3.53. The van der Waals surface area contributed by atoms with E-state index in [1.54, 1.807) is 6.20 Å². The molecule has 0 amide bonds. The van der Waals surface area contributed by atoms with Gasteiger partial charge in [-0.25, -0.2) is 4.98 Å².